The Balaban J connectivity index is 1.45. The van der Waals surface area contributed by atoms with Crippen molar-refractivity contribution >= 4 is 22.8 Å². The first-order valence-electron chi connectivity index (χ1n) is 12.6. The molecular weight excluding hydrogens is 470 g/mol. The van der Waals surface area contributed by atoms with Gasteiger partial charge in [-0.05, 0) is 30.7 Å². The van der Waals surface area contributed by atoms with Crippen LogP contribution in [0, 0.1) is 0 Å². The molecular formula is C29H31N3O5. The fraction of sp³-hybridized carbons (Fsp3) is 0.310. The zero-order valence-corrected chi connectivity index (χ0v) is 20.9. The van der Waals surface area contributed by atoms with Crippen molar-refractivity contribution in [3.8, 4) is 22.9 Å². The van der Waals surface area contributed by atoms with Gasteiger partial charge in [-0.25, -0.2) is 14.8 Å². The highest BCUT2D eigenvalue weighted by Gasteiger charge is 2.16. The number of hydrogen-bond donors (Lipinski definition) is 2. The van der Waals surface area contributed by atoms with Crippen molar-refractivity contribution in [2.75, 3.05) is 0 Å². The second-order valence-corrected chi connectivity index (χ2v) is 9.03. The van der Waals surface area contributed by atoms with Gasteiger partial charge in [0.25, 0.3) is 0 Å². The van der Waals surface area contributed by atoms with E-state index in [1.807, 2.05) is 30.5 Å². The average Bonchev–Trinajstić information content (AvgIpc) is 3.30. The smallest absolute Gasteiger partial charge is 0.339 e. The van der Waals surface area contributed by atoms with E-state index in [1.54, 1.807) is 17.0 Å². The molecule has 2 N–H and O–H groups in total. The number of aromatic hydroxyl groups is 1. The third-order valence-electron chi connectivity index (χ3n) is 6.27. The van der Waals surface area contributed by atoms with Gasteiger partial charge in [0.2, 0.25) is 5.91 Å². The van der Waals surface area contributed by atoms with Crippen LogP contribution in [0.1, 0.15) is 72.6 Å². The number of nitrogens with zero attached hydrogens (tertiary/aromatic N) is 3. The van der Waals surface area contributed by atoms with Gasteiger partial charge < -0.3 is 14.9 Å². The highest BCUT2D eigenvalue weighted by molar-refractivity contribution is 6.00. The molecule has 2 heterocycles. The van der Waals surface area contributed by atoms with E-state index in [0.717, 1.165) is 35.7 Å². The van der Waals surface area contributed by atoms with E-state index in [-0.39, 0.29) is 23.8 Å². The first kappa shape index (κ1) is 25.9. The van der Waals surface area contributed by atoms with Crippen LogP contribution < -0.4 is 4.74 Å². The van der Waals surface area contributed by atoms with Gasteiger partial charge in [0, 0.05) is 41.5 Å². The summed E-state index contributed by atoms with van der Waals surface area (Å²) in [6, 6.07) is 11.8. The summed E-state index contributed by atoms with van der Waals surface area (Å²) < 4.78 is 7.36. The third-order valence-corrected chi connectivity index (χ3v) is 6.27. The first-order valence-corrected chi connectivity index (χ1v) is 12.6. The number of benzene rings is 2. The molecule has 0 aliphatic carbocycles. The van der Waals surface area contributed by atoms with Crippen molar-refractivity contribution in [3.05, 3.63) is 72.2 Å². The number of fused-ring (bicyclic) bond motifs is 1. The summed E-state index contributed by atoms with van der Waals surface area (Å²) in [4.78, 5) is 33.2. The van der Waals surface area contributed by atoms with Crippen LogP contribution in [0.5, 0.6) is 11.5 Å². The fourth-order valence-electron chi connectivity index (χ4n) is 4.25. The molecule has 37 heavy (non-hydrogen) atoms. The predicted molar refractivity (Wildman–Crippen MR) is 141 cm³/mol. The average molecular weight is 502 g/mol. The van der Waals surface area contributed by atoms with Gasteiger partial charge >= 0.3 is 5.97 Å². The number of unbranched alkanes of at least 4 members (excludes halogenated alkanes) is 5. The van der Waals surface area contributed by atoms with Gasteiger partial charge in [-0.15, -0.1) is 0 Å². The maximum absolute atomic E-state index is 13.0. The number of para-hydroxylation sites is 1. The molecule has 0 aliphatic heterocycles. The summed E-state index contributed by atoms with van der Waals surface area (Å²) in [6.07, 6.45) is 12.4. The second kappa shape index (κ2) is 12.2. The Bertz CT molecular complexity index is 1380. The standard InChI is InChI=1S/C29H31N3O5/c1-2-3-4-5-6-7-12-27(34)32-18-24(22-10-8-9-11-25(22)32)28-30-16-20(17-31-28)19-37-21-13-14-26(33)23(15-21)29(35)36/h8-11,13-18,33H,2-7,12,19H2,1H3,(H,35,36). The number of rotatable bonds is 12. The maximum Gasteiger partial charge on any atom is 0.339 e. The molecule has 0 bridgehead atoms. The zero-order chi connectivity index (χ0) is 26.2. The van der Waals surface area contributed by atoms with E-state index in [1.165, 1.54) is 37.5 Å². The second-order valence-electron chi connectivity index (χ2n) is 9.03. The number of phenols is 1. The Hall–Kier alpha value is -4.20. The van der Waals surface area contributed by atoms with Crippen molar-refractivity contribution < 1.29 is 24.5 Å². The number of aromatic carboxylic acids is 1. The summed E-state index contributed by atoms with van der Waals surface area (Å²) in [6.45, 7) is 2.32. The fourth-order valence-corrected chi connectivity index (χ4v) is 4.25. The zero-order valence-electron chi connectivity index (χ0n) is 20.9. The molecule has 2 aromatic carbocycles. The van der Waals surface area contributed by atoms with Crippen LogP contribution in [0.3, 0.4) is 0 Å². The lowest BCUT2D eigenvalue weighted by Crippen LogP contribution is -2.08. The molecule has 4 aromatic rings. The van der Waals surface area contributed by atoms with Crippen molar-refractivity contribution in [1.82, 2.24) is 14.5 Å². The van der Waals surface area contributed by atoms with E-state index in [4.69, 9.17) is 9.84 Å². The molecule has 0 aliphatic rings. The molecule has 0 atom stereocenters. The van der Waals surface area contributed by atoms with Crippen LogP contribution >= 0.6 is 0 Å². The Morgan fingerprint density at radius 1 is 0.973 bits per heavy atom. The van der Waals surface area contributed by atoms with Crippen LogP contribution in [0.4, 0.5) is 0 Å². The number of carbonyl (C=O) groups is 2. The van der Waals surface area contributed by atoms with E-state index in [9.17, 15) is 14.7 Å². The SMILES string of the molecule is CCCCCCCCC(=O)n1cc(-c2ncc(COc3ccc(O)c(C(=O)O)c3)cn2)c2ccccc21. The number of hydrogen-bond acceptors (Lipinski definition) is 6. The summed E-state index contributed by atoms with van der Waals surface area (Å²) in [5.41, 5.74) is 2.08. The number of ether oxygens (including phenoxy) is 1. The molecule has 192 valence electrons. The molecule has 2 aromatic heterocycles. The molecule has 0 spiro atoms. The van der Waals surface area contributed by atoms with E-state index in [0.29, 0.717) is 23.6 Å². The van der Waals surface area contributed by atoms with Gasteiger partial charge in [-0.1, -0.05) is 57.2 Å². The van der Waals surface area contributed by atoms with Crippen LogP contribution in [-0.4, -0.2) is 36.6 Å². The number of aromatic nitrogens is 3. The van der Waals surface area contributed by atoms with Crippen molar-refractivity contribution in [2.24, 2.45) is 0 Å². The van der Waals surface area contributed by atoms with E-state index < -0.39 is 5.97 Å². The summed E-state index contributed by atoms with van der Waals surface area (Å²) in [5, 5.41) is 19.7. The van der Waals surface area contributed by atoms with Gasteiger partial charge in [0.05, 0.1) is 5.52 Å². The van der Waals surface area contributed by atoms with Gasteiger partial charge in [-0.3, -0.25) is 9.36 Å². The molecule has 0 fully saturated rings. The van der Waals surface area contributed by atoms with Gasteiger partial charge in [-0.2, -0.15) is 0 Å². The minimum Gasteiger partial charge on any atom is -0.507 e. The normalized spacial score (nSPS) is 11.1. The number of carboxylic acids is 1. The molecule has 0 saturated heterocycles. The lowest BCUT2D eigenvalue weighted by atomic mass is 10.1. The Morgan fingerprint density at radius 2 is 1.70 bits per heavy atom. The molecule has 0 amide bonds. The highest BCUT2D eigenvalue weighted by Crippen LogP contribution is 2.29. The van der Waals surface area contributed by atoms with Gasteiger partial charge in [0.15, 0.2) is 5.82 Å². The molecule has 8 heteroatoms. The van der Waals surface area contributed by atoms with E-state index in [2.05, 4.69) is 16.9 Å². The minimum absolute atomic E-state index is 0.0672. The molecule has 8 nitrogen and oxygen atoms in total. The van der Waals surface area contributed by atoms with Crippen LogP contribution in [0.2, 0.25) is 0 Å². The monoisotopic (exact) mass is 501 g/mol. The minimum atomic E-state index is -1.24. The largest absolute Gasteiger partial charge is 0.507 e. The van der Waals surface area contributed by atoms with Crippen LogP contribution in [0.25, 0.3) is 22.3 Å². The third kappa shape index (κ3) is 6.33. The van der Waals surface area contributed by atoms with E-state index >= 15 is 0 Å². The lowest BCUT2D eigenvalue weighted by molar-refractivity contribution is 0.0692. The molecule has 0 unspecified atom stereocenters. The van der Waals surface area contributed by atoms with Crippen molar-refractivity contribution in [3.63, 3.8) is 0 Å². The first-order chi connectivity index (χ1) is 18.0. The van der Waals surface area contributed by atoms with Gasteiger partial charge in [0.1, 0.15) is 23.7 Å². The van der Waals surface area contributed by atoms with Crippen LogP contribution in [0.15, 0.2) is 61.1 Å². The Kier molecular flexibility index (Phi) is 8.51. The Morgan fingerprint density at radius 3 is 2.46 bits per heavy atom. The van der Waals surface area contributed by atoms with Crippen molar-refractivity contribution in [1.29, 1.82) is 0 Å². The molecule has 0 radical (unpaired) electrons. The number of carboxylic acid groups (broad SMARTS) is 1. The quantitative estimate of drug-likeness (QED) is 0.214. The molecule has 4 rings (SSSR count). The summed E-state index contributed by atoms with van der Waals surface area (Å²) in [7, 11) is 0. The number of carbonyl (C=O) groups excluding carboxylic acids is 1. The lowest BCUT2D eigenvalue weighted by Gasteiger charge is -2.08. The maximum atomic E-state index is 13.0. The van der Waals surface area contributed by atoms with Crippen LogP contribution in [-0.2, 0) is 6.61 Å². The summed E-state index contributed by atoms with van der Waals surface area (Å²) >= 11 is 0. The Labute approximate surface area is 215 Å². The van der Waals surface area contributed by atoms with Crippen molar-refractivity contribution in [2.45, 2.75) is 58.5 Å². The highest BCUT2D eigenvalue weighted by atomic mass is 16.5. The predicted octanol–water partition coefficient (Wildman–Crippen LogP) is 6.47. The molecule has 0 saturated carbocycles. The summed E-state index contributed by atoms with van der Waals surface area (Å²) in [5.74, 6) is -0.676. The topological polar surface area (TPSA) is 115 Å².